The van der Waals surface area contributed by atoms with Crippen LogP contribution in [0.5, 0.6) is 0 Å². The van der Waals surface area contributed by atoms with Crippen LogP contribution in [-0.4, -0.2) is 27.9 Å². The Kier molecular flexibility index (Phi) is 3.75. The molecule has 0 bridgehead atoms. The summed E-state index contributed by atoms with van der Waals surface area (Å²) in [7, 11) is 3.81. The highest BCUT2D eigenvalue weighted by atomic mass is 32.1. The number of aryl methyl sites for hydroxylation is 2. The standard InChI is InChI=1S/C12H17N5OS/c1-8-10(11(13)15-18)12(17(3)14-8)16(2)7-9-5-4-6-19-9/h4-6,18H,7H2,1-3H3,(H2,13,15). The first kappa shape index (κ1) is 13.4. The molecule has 0 fully saturated rings. The number of hydrogen-bond donors (Lipinski definition) is 2. The Labute approximate surface area is 115 Å². The van der Waals surface area contributed by atoms with E-state index in [4.69, 9.17) is 10.9 Å². The minimum absolute atomic E-state index is 0.0821. The second-order valence-electron chi connectivity index (χ2n) is 4.33. The van der Waals surface area contributed by atoms with Crippen LogP contribution in [0.3, 0.4) is 0 Å². The molecule has 19 heavy (non-hydrogen) atoms. The lowest BCUT2D eigenvalue weighted by atomic mass is 10.2. The zero-order chi connectivity index (χ0) is 14.0. The highest BCUT2D eigenvalue weighted by Crippen LogP contribution is 2.24. The van der Waals surface area contributed by atoms with Crippen LogP contribution in [0.4, 0.5) is 5.82 Å². The summed E-state index contributed by atoms with van der Waals surface area (Å²) in [6.45, 7) is 2.60. The van der Waals surface area contributed by atoms with E-state index >= 15 is 0 Å². The quantitative estimate of drug-likeness (QED) is 0.385. The third-order valence-electron chi connectivity index (χ3n) is 2.89. The van der Waals surface area contributed by atoms with Gasteiger partial charge in [-0.15, -0.1) is 11.3 Å². The average molecular weight is 279 g/mol. The third kappa shape index (κ3) is 2.55. The molecule has 0 amide bonds. The number of nitrogens with two attached hydrogens (primary N) is 1. The van der Waals surface area contributed by atoms with Crippen LogP contribution in [0.15, 0.2) is 22.7 Å². The van der Waals surface area contributed by atoms with Crippen LogP contribution in [-0.2, 0) is 13.6 Å². The predicted molar refractivity (Wildman–Crippen MR) is 76.9 cm³/mol. The third-order valence-corrected chi connectivity index (χ3v) is 3.75. The number of thiophene rings is 1. The number of aromatic nitrogens is 2. The first-order chi connectivity index (χ1) is 9.04. The fraction of sp³-hybridized carbons (Fsp3) is 0.333. The number of nitrogens with zero attached hydrogens (tertiary/aromatic N) is 4. The Morgan fingerprint density at radius 1 is 1.63 bits per heavy atom. The average Bonchev–Trinajstić information content (AvgIpc) is 2.95. The molecule has 2 heterocycles. The maximum absolute atomic E-state index is 8.89. The molecular formula is C12H17N5OS. The van der Waals surface area contributed by atoms with Gasteiger partial charge in [-0.2, -0.15) is 5.10 Å². The van der Waals surface area contributed by atoms with Crippen LogP contribution in [0.25, 0.3) is 0 Å². The molecule has 7 heteroatoms. The van der Waals surface area contributed by atoms with Crippen LogP contribution >= 0.6 is 11.3 Å². The van der Waals surface area contributed by atoms with Crippen molar-refractivity contribution in [2.45, 2.75) is 13.5 Å². The zero-order valence-corrected chi connectivity index (χ0v) is 12.0. The Balaban J connectivity index is 2.38. The van der Waals surface area contributed by atoms with Gasteiger partial charge in [-0.3, -0.25) is 4.68 Å². The Hall–Kier alpha value is -2.02. The molecule has 2 aromatic rings. The van der Waals surface area contributed by atoms with Crippen molar-refractivity contribution >= 4 is 23.0 Å². The van der Waals surface area contributed by atoms with Crippen molar-refractivity contribution in [3.05, 3.63) is 33.6 Å². The molecule has 0 atom stereocenters. The van der Waals surface area contributed by atoms with Gasteiger partial charge in [0.05, 0.1) is 17.8 Å². The molecule has 0 aromatic carbocycles. The Morgan fingerprint density at radius 2 is 2.37 bits per heavy atom. The second kappa shape index (κ2) is 5.31. The number of hydrogen-bond acceptors (Lipinski definition) is 5. The van der Waals surface area contributed by atoms with E-state index in [2.05, 4.69) is 16.3 Å². The molecule has 0 aliphatic carbocycles. The van der Waals surface area contributed by atoms with Gasteiger partial charge in [-0.05, 0) is 18.4 Å². The highest BCUT2D eigenvalue weighted by molar-refractivity contribution is 7.09. The number of anilines is 1. The van der Waals surface area contributed by atoms with E-state index in [9.17, 15) is 0 Å². The summed E-state index contributed by atoms with van der Waals surface area (Å²) in [5.74, 6) is 0.917. The van der Waals surface area contributed by atoms with Gasteiger partial charge in [0, 0.05) is 19.0 Å². The lowest BCUT2D eigenvalue weighted by Gasteiger charge is -2.20. The highest BCUT2D eigenvalue weighted by Gasteiger charge is 2.20. The zero-order valence-electron chi connectivity index (χ0n) is 11.2. The monoisotopic (exact) mass is 279 g/mol. The topological polar surface area (TPSA) is 79.7 Å². The largest absolute Gasteiger partial charge is 0.409 e. The molecule has 102 valence electrons. The predicted octanol–water partition coefficient (Wildman–Crippen LogP) is 1.52. The van der Waals surface area contributed by atoms with E-state index in [-0.39, 0.29) is 5.84 Å². The number of amidine groups is 1. The molecule has 2 rings (SSSR count). The fourth-order valence-electron chi connectivity index (χ4n) is 2.14. The molecule has 0 spiro atoms. The van der Waals surface area contributed by atoms with Gasteiger partial charge >= 0.3 is 0 Å². The van der Waals surface area contributed by atoms with Gasteiger partial charge in [0.2, 0.25) is 0 Å². The van der Waals surface area contributed by atoms with Crippen molar-refractivity contribution in [3.8, 4) is 0 Å². The van der Waals surface area contributed by atoms with E-state index < -0.39 is 0 Å². The normalized spacial score (nSPS) is 11.8. The summed E-state index contributed by atoms with van der Waals surface area (Å²) >= 11 is 1.70. The van der Waals surface area contributed by atoms with Crippen LogP contribution in [0.1, 0.15) is 16.1 Å². The Morgan fingerprint density at radius 3 is 2.95 bits per heavy atom. The van der Waals surface area contributed by atoms with E-state index in [0.717, 1.165) is 18.1 Å². The van der Waals surface area contributed by atoms with Crippen molar-refractivity contribution in [1.82, 2.24) is 9.78 Å². The van der Waals surface area contributed by atoms with Crippen molar-refractivity contribution in [1.29, 1.82) is 0 Å². The van der Waals surface area contributed by atoms with E-state index in [1.807, 2.05) is 37.4 Å². The summed E-state index contributed by atoms with van der Waals surface area (Å²) < 4.78 is 1.75. The molecule has 2 aromatic heterocycles. The second-order valence-corrected chi connectivity index (χ2v) is 5.36. The van der Waals surface area contributed by atoms with Gasteiger partial charge in [-0.1, -0.05) is 11.2 Å². The summed E-state index contributed by atoms with van der Waals surface area (Å²) in [6.07, 6.45) is 0. The van der Waals surface area contributed by atoms with Gasteiger partial charge in [0.15, 0.2) is 5.84 Å². The van der Waals surface area contributed by atoms with Crippen molar-refractivity contribution < 1.29 is 5.21 Å². The van der Waals surface area contributed by atoms with Crippen molar-refractivity contribution in [3.63, 3.8) is 0 Å². The molecule has 3 N–H and O–H groups in total. The molecule has 6 nitrogen and oxygen atoms in total. The first-order valence-corrected chi connectivity index (χ1v) is 6.67. The lowest BCUT2D eigenvalue weighted by Crippen LogP contribution is -2.24. The molecular weight excluding hydrogens is 262 g/mol. The van der Waals surface area contributed by atoms with Crippen LogP contribution in [0.2, 0.25) is 0 Å². The van der Waals surface area contributed by atoms with E-state index in [1.54, 1.807) is 16.0 Å². The summed E-state index contributed by atoms with van der Waals surface area (Å²) in [4.78, 5) is 3.28. The number of oxime groups is 1. The summed E-state index contributed by atoms with van der Waals surface area (Å²) in [6, 6.07) is 4.10. The van der Waals surface area contributed by atoms with Crippen molar-refractivity contribution in [2.75, 3.05) is 11.9 Å². The maximum Gasteiger partial charge on any atom is 0.175 e. The molecule has 0 radical (unpaired) electrons. The van der Waals surface area contributed by atoms with E-state index in [1.165, 1.54) is 4.88 Å². The summed E-state index contributed by atoms with van der Waals surface area (Å²) in [5.41, 5.74) is 7.15. The van der Waals surface area contributed by atoms with E-state index in [0.29, 0.717) is 5.56 Å². The smallest absolute Gasteiger partial charge is 0.175 e. The number of rotatable bonds is 4. The maximum atomic E-state index is 8.89. The minimum Gasteiger partial charge on any atom is -0.409 e. The molecule has 0 unspecified atom stereocenters. The fourth-order valence-corrected chi connectivity index (χ4v) is 2.90. The van der Waals surface area contributed by atoms with Crippen LogP contribution < -0.4 is 10.6 Å². The first-order valence-electron chi connectivity index (χ1n) is 5.79. The molecule has 0 aliphatic heterocycles. The van der Waals surface area contributed by atoms with Crippen molar-refractivity contribution in [2.24, 2.45) is 17.9 Å². The molecule has 0 saturated carbocycles. The molecule has 0 aliphatic rings. The van der Waals surface area contributed by atoms with Gasteiger partial charge in [-0.25, -0.2) is 0 Å². The van der Waals surface area contributed by atoms with Gasteiger partial charge in [0.1, 0.15) is 5.82 Å². The molecule has 0 saturated heterocycles. The SMILES string of the molecule is Cc1nn(C)c(N(C)Cc2cccs2)c1C(N)=NO. The Bertz CT molecular complexity index is 588. The lowest BCUT2D eigenvalue weighted by molar-refractivity contribution is 0.318. The summed E-state index contributed by atoms with van der Waals surface area (Å²) in [5, 5.41) is 18.4. The van der Waals surface area contributed by atoms with Gasteiger partial charge in [0.25, 0.3) is 0 Å². The van der Waals surface area contributed by atoms with Crippen LogP contribution in [0, 0.1) is 6.92 Å². The van der Waals surface area contributed by atoms with Gasteiger partial charge < -0.3 is 15.8 Å². The minimum atomic E-state index is 0.0821.